The summed E-state index contributed by atoms with van der Waals surface area (Å²) in [6.07, 6.45) is 3.92. The zero-order valence-electron chi connectivity index (χ0n) is 9.56. The van der Waals surface area contributed by atoms with E-state index in [9.17, 15) is 14.0 Å². The largest absolute Gasteiger partial charge is 0.329 e. The molecule has 1 heterocycles. The van der Waals surface area contributed by atoms with Gasteiger partial charge in [0.2, 0.25) is 5.82 Å². The van der Waals surface area contributed by atoms with Crippen molar-refractivity contribution in [2.45, 2.75) is 39.2 Å². The average Bonchev–Trinajstić information content (AvgIpc) is 2.24. The molecule has 0 radical (unpaired) electrons. The standard InChI is InChI=1S/C11H14ClFN2O2/c1-2-11(4-3-5-11)6-15-9(16)7(13)8(12)14-10(15)17/h2-6H2,1H3,(H,14,17). The highest BCUT2D eigenvalue weighted by atomic mass is 35.5. The fourth-order valence-electron chi connectivity index (χ4n) is 2.30. The summed E-state index contributed by atoms with van der Waals surface area (Å²) in [5.41, 5.74) is -1.60. The molecule has 0 bridgehead atoms. The van der Waals surface area contributed by atoms with Gasteiger partial charge in [-0.3, -0.25) is 14.3 Å². The van der Waals surface area contributed by atoms with E-state index in [1.54, 1.807) is 0 Å². The summed E-state index contributed by atoms with van der Waals surface area (Å²) in [5.74, 6) is -1.09. The van der Waals surface area contributed by atoms with Crippen LogP contribution in [0.5, 0.6) is 0 Å². The smallest absolute Gasteiger partial charge is 0.295 e. The van der Waals surface area contributed by atoms with Crippen LogP contribution >= 0.6 is 11.6 Å². The third-order valence-corrected chi connectivity index (χ3v) is 4.01. The van der Waals surface area contributed by atoms with E-state index >= 15 is 0 Å². The molecule has 17 heavy (non-hydrogen) atoms. The lowest BCUT2D eigenvalue weighted by atomic mass is 9.67. The molecule has 6 heteroatoms. The number of hydrogen-bond donors (Lipinski definition) is 1. The van der Waals surface area contributed by atoms with Crippen molar-refractivity contribution >= 4 is 11.6 Å². The number of rotatable bonds is 3. The summed E-state index contributed by atoms with van der Waals surface area (Å²) in [7, 11) is 0. The molecule has 2 rings (SSSR count). The molecule has 0 amide bonds. The molecule has 0 spiro atoms. The van der Waals surface area contributed by atoms with E-state index in [-0.39, 0.29) is 12.0 Å². The van der Waals surface area contributed by atoms with E-state index in [2.05, 4.69) is 4.98 Å². The molecular weight excluding hydrogens is 247 g/mol. The van der Waals surface area contributed by atoms with Crippen LogP contribution < -0.4 is 11.2 Å². The maximum absolute atomic E-state index is 13.3. The molecule has 0 atom stereocenters. The van der Waals surface area contributed by atoms with Crippen molar-refractivity contribution < 1.29 is 4.39 Å². The van der Waals surface area contributed by atoms with Crippen LogP contribution in [0.4, 0.5) is 4.39 Å². The minimum atomic E-state index is -1.09. The average molecular weight is 261 g/mol. The number of hydrogen-bond acceptors (Lipinski definition) is 2. The van der Waals surface area contributed by atoms with Crippen molar-refractivity contribution in [3.63, 3.8) is 0 Å². The predicted molar refractivity (Wildman–Crippen MR) is 62.9 cm³/mol. The Labute approximate surface area is 102 Å². The minimum absolute atomic E-state index is 0.0307. The Bertz CT molecular complexity index is 540. The fraction of sp³-hybridized carbons (Fsp3) is 0.636. The van der Waals surface area contributed by atoms with Gasteiger partial charge >= 0.3 is 5.69 Å². The van der Waals surface area contributed by atoms with Crippen LogP contribution in [-0.2, 0) is 6.54 Å². The lowest BCUT2D eigenvalue weighted by Crippen LogP contribution is -2.44. The minimum Gasteiger partial charge on any atom is -0.295 e. The van der Waals surface area contributed by atoms with E-state index < -0.39 is 22.2 Å². The van der Waals surface area contributed by atoms with Crippen LogP contribution in [0.25, 0.3) is 0 Å². The number of aromatic amines is 1. The Morgan fingerprint density at radius 1 is 1.47 bits per heavy atom. The molecule has 0 saturated heterocycles. The maximum Gasteiger partial charge on any atom is 0.329 e. The molecule has 1 aliphatic rings. The number of aromatic nitrogens is 2. The van der Waals surface area contributed by atoms with Gasteiger partial charge in [0.15, 0.2) is 5.15 Å². The first-order valence-electron chi connectivity index (χ1n) is 5.67. The van der Waals surface area contributed by atoms with E-state index in [1.165, 1.54) is 0 Å². The Morgan fingerprint density at radius 2 is 2.12 bits per heavy atom. The van der Waals surface area contributed by atoms with Gasteiger partial charge in [-0.2, -0.15) is 4.39 Å². The van der Waals surface area contributed by atoms with E-state index in [0.717, 1.165) is 30.3 Å². The van der Waals surface area contributed by atoms with Gasteiger partial charge in [0.25, 0.3) is 5.56 Å². The Kier molecular flexibility index (Phi) is 3.12. The van der Waals surface area contributed by atoms with Gasteiger partial charge in [-0.05, 0) is 24.7 Å². The van der Waals surface area contributed by atoms with Crippen molar-refractivity contribution in [2.75, 3.05) is 0 Å². The van der Waals surface area contributed by atoms with Crippen molar-refractivity contribution in [2.24, 2.45) is 5.41 Å². The zero-order valence-corrected chi connectivity index (χ0v) is 10.3. The molecule has 1 N–H and O–H groups in total. The van der Waals surface area contributed by atoms with Crippen molar-refractivity contribution in [3.8, 4) is 0 Å². The predicted octanol–water partition coefficient (Wildman–Crippen LogP) is 1.91. The lowest BCUT2D eigenvalue weighted by Gasteiger charge is -2.41. The maximum atomic E-state index is 13.3. The van der Waals surface area contributed by atoms with Gasteiger partial charge in [-0.15, -0.1) is 0 Å². The van der Waals surface area contributed by atoms with Crippen LogP contribution in [0, 0.1) is 11.2 Å². The highest BCUT2D eigenvalue weighted by Gasteiger charge is 2.36. The summed E-state index contributed by atoms with van der Waals surface area (Å²) in [6.45, 7) is 2.29. The number of nitrogens with zero attached hydrogens (tertiary/aromatic N) is 1. The summed E-state index contributed by atoms with van der Waals surface area (Å²) in [5, 5.41) is -0.518. The zero-order chi connectivity index (χ0) is 12.6. The highest BCUT2D eigenvalue weighted by molar-refractivity contribution is 6.29. The topological polar surface area (TPSA) is 54.9 Å². The molecule has 94 valence electrons. The molecule has 1 saturated carbocycles. The second kappa shape index (κ2) is 4.29. The summed E-state index contributed by atoms with van der Waals surface area (Å²) in [6, 6.07) is 0. The van der Waals surface area contributed by atoms with Crippen LogP contribution in [0.3, 0.4) is 0 Å². The molecule has 0 aliphatic heterocycles. The van der Waals surface area contributed by atoms with Gasteiger partial charge in [0, 0.05) is 6.54 Å². The Morgan fingerprint density at radius 3 is 2.59 bits per heavy atom. The van der Waals surface area contributed by atoms with Crippen LogP contribution in [-0.4, -0.2) is 9.55 Å². The third-order valence-electron chi connectivity index (χ3n) is 3.75. The van der Waals surface area contributed by atoms with Crippen LogP contribution in [0.1, 0.15) is 32.6 Å². The molecule has 1 aromatic heterocycles. The van der Waals surface area contributed by atoms with Gasteiger partial charge in [-0.25, -0.2) is 4.79 Å². The third kappa shape index (κ3) is 2.04. The summed E-state index contributed by atoms with van der Waals surface area (Å²) in [4.78, 5) is 25.4. The number of nitrogens with one attached hydrogen (secondary N) is 1. The number of H-pyrrole nitrogens is 1. The Balaban J connectivity index is 2.43. The second-order valence-corrected chi connectivity index (χ2v) is 5.03. The van der Waals surface area contributed by atoms with Gasteiger partial charge in [0.1, 0.15) is 0 Å². The fourth-order valence-corrected chi connectivity index (χ4v) is 2.46. The molecule has 0 unspecified atom stereocenters. The van der Waals surface area contributed by atoms with Crippen molar-refractivity contribution in [1.82, 2.24) is 9.55 Å². The quantitative estimate of drug-likeness (QED) is 0.844. The molecule has 4 nitrogen and oxygen atoms in total. The monoisotopic (exact) mass is 260 g/mol. The number of halogens is 2. The van der Waals surface area contributed by atoms with E-state index in [4.69, 9.17) is 11.6 Å². The molecule has 0 aromatic carbocycles. The van der Waals surface area contributed by atoms with Gasteiger partial charge in [-0.1, -0.05) is 24.9 Å². The molecular formula is C11H14ClFN2O2. The van der Waals surface area contributed by atoms with Gasteiger partial charge in [0.05, 0.1) is 0 Å². The van der Waals surface area contributed by atoms with E-state index in [1.807, 2.05) is 6.92 Å². The van der Waals surface area contributed by atoms with Gasteiger partial charge < -0.3 is 0 Å². The first-order chi connectivity index (χ1) is 7.99. The second-order valence-electron chi connectivity index (χ2n) is 4.66. The molecule has 1 aromatic rings. The van der Waals surface area contributed by atoms with Crippen LogP contribution in [0.15, 0.2) is 9.59 Å². The van der Waals surface area contributed by atoms with Crippen molar-refractivity contribution in [1.29, 1.82) is 0 Å². The van der Waals surface area contributed by atoms with E-state index in [0.29, 0.717) is 0 Å². The normalized spacial score (nSPS) is 17.8. The Hall–Kier alpha value is -1.10. The lowest BCUT2D eigenvalue weighted by molar-refractivity contribution is 0.0961. The highest BCUT2D eigenvalue weighted by Crippen LogP contribution is 2.44. The molecule has 1 aliphatic carbocycles. The first-order valence-corrected chi connectivity index (χ1v) is 6.05. The summed E-state index contributed by atoms with van der Waals surface area (Å²) < 4.78 is 14.3. The van der Waals surface area contributed by atoms with Crippen molar-refractivity contribution in [3.05, 3.63) is 31.8 Å². The SMILES string of the molecule is CCC1(Cn2c(=O)[nH]c(Cl)c(F)c2=O)CCC1. The molecule has 1 fully saturated rings. The summed E-state index contributed by atoms with van der Waals surface area (Å²) >= 11 is 5.40. The van der Waals surface area contributed by atoms with Crippen LogP contribution in [0.2, 0.25) is 5.15 Å². The first kappa shape index (κ1) is 12.4.